The molecule has 0 aliphatic carbocycles. The number of ether oxygens (including phenoxy) is 1. The highest BCUT2D eigenvalue weighted by molar-refractivity contribution is 7.90. The van der Waals surface area contributed by atoms with Gasteiger partial charge < -0.3 is 14.6 Å². The third-order valence-corrected chi connectivity index (χ3v) is 6.04. The number of carbonyl (C=O) groups is 1. The first kappa shape index (κ1) is 23.7. The van der Waals surface area contributed by atoms with Crippen molar-refractivity contribution in [3.63, 3.8) is 0 Å². The highest BCUT2D eigenvalue weighted by Crippen LogP contribution is 2.34. The van der Waals surface area contributed by atoms with Gasteiger partial charge in [0.25, 0.3) is 0 Å². The summed E-state index contributed by atoms with van der Waals surface area (Å²) in [5.74, 6) is 0.294. The van der Waals surface area contributed by atoms with Gasteiger partial charge in [0.2, 0.25) is 0 Å². The van der Waals surface area contributed by atoms with E-state index in [1.807, 2.05) is 0 Å². The number of hydrogen-bond donors (Lipinski definition) is 2. The van der Waals surface area contributed by atoms with Crippen LogP contribution in [0.1, 0.15) is 5.82 Å². The molecule has 3 rings (SSSR count). The molecular weight excluding hydrogens is 469 g/mol. The molecule has 0 fully saturated rings. The summed E-state index contributed by atoms with van der Waals surface area (Å²) in [4.78, 5) is 16.9. The molecule has 13 heteroatoms. The van der Waals surface area contributed by atoms with Crippen LogP contribution in [0.4, 0.5) is 29.3 Å². The average molecular weight is 489 g/mol. The van der Waals surface area contributed by atoms with Crippen LogP contribution >= 0.6 is 12.8 Å². The highest BCUT2D eigenvalue weighted by Gasteiger charge is 2.30. The third kappa shape index (κ3) is 4.93. The molecule has 0 unspecified atom stereocenters. The van der Waals surface area contributed by atoms with E-state index in [0.717, 1.165) is 15.1 Å². The van der Waals surface area contributed by atoms with Gasteiger partial charge in [-0.25, -0.2) is 22.5 Å². The number of anilines is 2. The lowest BCUT2D eigenvalue weighted by molar-refractivity contribution is -0.140. The normalized spacial score (nSPS) is 12.1. The van der Waals surface area contributed by atoms with Crippen LogP contribution in [0, 0.1) is 6.92 Å². The molecule has 8 nitrogen and oxygen atoms in total. The Balaban J connectivity index is 2.01. The number of urea groups is 1. The molecule has 0 bridgehead atoms. The fourth-order valence-electron chi connectivity index (χ4n) is 3.12. The number of nitrogens with one attached hydrogen (secondary N) is 1. The number of thiol groups is 1. The fraction of sp³-hybridized carbons (Fsp3) is 0.263. The number of imidazole rings is 1. The molecule has 1 N–H and O–H groups in total. The number of halogens is 3. The predicted octanol–water partition coefficient (Wildman–Crippen LogP) is 4.20. The van der Waals surface area contributed by atoms with Crippen LogP contribution in [0.15, 0.2) is 41.3 Å². The molecule has 3 aromatic rings. The molecule has 2 aromatic carbocycles. The summed E-state index contributed by atoms with van der Waals surface area (Å²) in [5.41, 5.74) is 0.472. The number of rotatable bonds is 5. The first-order valence-electron chi connectivity index (χ1n) is 9.02. The summed E-state index contributed by atoms with van der Waals surface area (Å²) >= 11 is 4.15. The minimum absolute atomic E-state index is 0.0309. The molecule has 0 radical (unpaired) electrons. The van der Waals surface area contributed by atoms with Crippen LogP contribution in [-0.4, -0.2) is 43.5 Å². The van der Waals surface area contributed by atoms with E-state index in [4.69, 9.17) is 4.74 Å². The maximum Gasteiger partial charge on any atom is 0.406 e. The Labute approximate surface area is 187 Å². The molecule has 0 spiro atoms. The Bertz CT molecular complexity index is 1290. The van der Waals surface area contributed by atoms with Gasteiger partial charge in [0.1, 0.15) is 23.8 Å². The van der Waals surface area contributed by atoms with E-state index in [1.54, 1.807) is 0 Å². The highest BCUT2D eigenvalue weighted by atomic mass is 32.2. The van der Waals surface area contributed by atoms with E-state index in [1.165, 1.54) is 50.4 Å². The van der Waals surface area contributed by atoms with E-state index in [-0.39, 0.29) is 38.9 Å². The predicted molar refractivity (Wildman–Crippen MR) is 117 cm³/mol. The van der Waals surface area contributed by atoms with Crippen LogP contribution in [0.5, 0.6) is 5.75 Å². The van der Waals surface area contributed by atoms with Crippen LogP contribution in [-0.2, 0) is 16.4 Å². The van der Waals surface area contributed by atoms with E-state index in [0.29, 0.717) is 0 Å². The lowest BCUT2D eigenvalue weighted by Gasteiger charge is -2.20. The minimum atomic E-state index is -4.50. The zero-order valence-corrected chi connectivity index (χ0v) is 18.8. The number of para-hydroxylation sites is 1. The van der Waals surface area contributed by atoms with Crippen molar-refractivity contribution in [2.24, 2.45) is 0 Å². The molecule has 1 heterocycles. The molecule has 32 heavy (non-hydrogen) atoms. The molecule has 0 saturated carbocycles. The van der Waals surface area contributed by atoms with Gasteiger partial charge in [-0.3, -0.25) is 0 Å². The molecule has 0 aliphatic heterocycles. The Hall–Kier alpha value is -2.93. The Morgan fingerprint density at radius 3 is 2.56 bits per heavy atom. The summed E-state index contributed by atoms with van der Waals surface area (Å²) in [6.45, 7) is 0.154. The van der Waals surface area contributed by atoms with Crippen molar-refractivity contribution < 1.29 is 31.1 Å². The Kier molecular flexibility index (Phi) is 6.33. The second-order valence-corrected chi connectivity index (χ2v) is 9.30. The molecule has 0 aliphatic rings. The van der Waals surface area contributed by atoms with Crippen molar-refractivity contribution in [1.82, 2.24) is 9.55 Å². The first-order valence-corrected chi connectivity index (χ1v) is 11.3. The zero-order chi connectivity index (χ0) is 23.8. The number of fused-ring (bicyclic) bond motifs is 1. The maximum atomic E-state index is 13.1. The first-order chi connectivity index (χ1) is 14.8. The second-order valence-electron chi connectivity index (χ2n) is 6.88. The van der Waals surface area contributed by atoms with Crippen LogP contribution in [0.3, 0.4) is 0 Å². The van der Waals surface area contributed by atoms with Crippen LogP contribution < -0.4 is 14.4 Å². The van der Waals surface area contributed by atoms with E-state index in [2.05, 4.69) is 23.1 Å². The number of hydrogen-bond acceptors (Lipinski definition) is 6. The maximum absolute atomic E-state index is 13.1. The van der Waals surface area contributed by atoms with E-state index >= 15 is 0 Å². The number of amides is 2. The second kappa shape index (κ2) is 8.54. The smallest absolute Gasteiger partial charge is 0.406 e. The summed E-state index contributed by atoms with van der Waals surface area (Å²) in [6, 6.07) is 7.54. The number of sulfone groups is 1. The van der Waals surface area contributed by atoms with Gasteiger partial charge in [-0.1, -0.05) is 18.9 Å². The molecule has 172 valence electrons. The minimum Gasteiger partial charge on any atom is -0.495 e. The number of methoxy groups -OCH3 is 1. The monoisotopic (exact) mass is 488 g/mol. The van der Waals surface area contributed by atoms with Crippen molar-refractivity contribution in [3.8, 4) is 5.75 Å². The number of aromatic nitrogens is 2. The lowest BCUT2D eigenvalue weighted by atomic mass is 10.2. The molecule has 0 atom stereocenters. The number of benzene rings is 2. The van der Waals surface area contributed by atoms with Gasteiger partial charge in [-0.05, 0) is 37.3 Å². The standard InChI is InChI=1S/C19H19F3N4O4S2/c1-11-23-13-5-4-6-14(17(13)25(11)10-19(20,21)22)24-18(27)26(31)15-9-12(32(3,28)29)7-8-16(15)30-2/h4-9,31H,10H2,1-3H3,(H,24,27). The SMILES string of the molecule is COc1ccc(S(C)(=O)=O)cc1N(S)C(=O)Nc1cccc2nc(C)n(CC(F)(F)F)c12. The molecular formula is C19H19F3N4O4S2. The van der Waals surface area contributed by atoms with E-state index < -0.39 is 28.6 Å². The number of carbonyl (C=O) groups excluding carboxylic acids is 1. The van der Waals surface area contributed by atoms with Gasteiger partial charge in [0.05, 0.1) is 28.7 Å². The fourth-order valence-corrected chi connectivity index (χ4v) is 3.97. The van der Waals surface area contributed by atoms with Gasteiger partial charge in [0.15, 0.2) is 9.84 Å². The summed E-state index contributed by atoms with van der Waals surface area (Å²) in [5, 5.41) is 2.51. The Morgan fingerprint density at radius 1 is 1.28 bits per heavy atom. The van der Waals surface area contributed by atoms with E-state index in [9.17, 15) is 26.4 Å². The van der Waals surface area contributed by atoms with Crippen molar-refractivity contribution in [1.29, 1.82) is 0 Å². The average Bonchev–Trinajstić information content (AvgIpc) is 3.00. The topological polar surface area (TPSA) is 93.5 Å². The van der Waals surface area contributed by atoms with Crippen molar-refractivity contribution in [2.45, 2.75) is 24.5 Å². The summed E-state index contributed by atoms with van der Waals surface area (Å²) in [6.07, 6.45) is -3.49. The van der Waals surface area contributed by atoms with Crippen molar-refractivity contribution in [3.05, 3.63) is 42.2 Å². The van der Waals surface area contributed by atoms with Gasteiger partial charge in [-0.15, -0.1) is 0 Å². The van der Waals surface area contributed by atoms with Gasteiger partial charge >= 0.3 is 12.2 Å². The van der Waals surface area contributed by atoms with Crippen molar-refractivity contribution >= 4 is 51.1 Å². The largest absolute Gasteiger partial charge is 0.495 e. The van der Waals surface area contributed by atoms with Crippen molar-refractivity contribution in [2.75, 3.05) is 23.0 Å². The quantitative estimate of drug-likeness (QED) is 0.525. The zero-order valence-electron chi connectivity index (χ0n) is 17.1. The lowest BCUT2D eigenvalue weighted by Crippen LogP contribution is -2.28. The number of nitrogens with zero attached hydrogens (tertiary/aromatic N) is 3. The van der Waals surface area contributed by atoms with Crippen LogP contribution in [0.2, 0.25) is 0 Å². The van der Waals surface area contributed by atoms with Gasteiger partial charge in [-0.2, -0.15) is 13.2 Å². The third-order valence-electron chi connectivity index (χ3n) is 4.54. The summed E-state index contributed by atoms with van der Waals surface area (Å²) < 4.78 is 69.9. The molecule has 1 aromatic heterocycles. The van der Waals surface area contributed by atoms with Gasteiger partial charge in [0, 0.05) is 6.26 Å². The molecule has 0 saturated heterocycles. The van der Waals surface area contributed by atoms with Crippen LogP contribution in [0.25, 0.3) is 11.0 Å². The number of aryl methyl sites for hydroxylation is 1. The molecule has 2 amide bonds. The summed E-state index contributed by atoms with van der Waals surface area (Å²) in [7, 11) is -2.25. The Morgan fingerprint density at radius 2 is 1.97 bits per heavy atom. The number of alkyl halides is 3.